The Morgan fingerprint density at radius 3 is 2.42 bits per heavy atom. The maximum absolute atomic E-state index is 13.4. The average molecular weight is 495 g/mol. The van der Waals surface area contributed by atoms with E-state index in [9.17, 15) is 19.2 Å². The van der Waals surface area contributed by atoms with Crippen molar-refractivity contribution in [3.8, 4) is 0 Å². The molecule has 3 rings (SSSR count). The first-order chi connectivity index (χ1) is 17.1. The second-order valence-corrected chi connectivity index (χ2v) is 9.53. The number of nitrogens with one attached hydrogen (secondary N) is 3. The van der Waals surface area contributed by atoms with Crippen molar-refractivity contribution in [1.82, 2.24) is 10.2 Å². The predicted molar refractivity (Wildman–Crippen MR) is 138 cm³/mol. The normalized spacial score (nSPS) is 17.7. The zero-order valence-electron chi connectivity index (χ0n) is 20.9. The third kappa shape index (κ3) is 7.39. The van der Waals surface area contributed by atoms with Gasteiger partial charge in [0, 0.05) is 30.4 Å². The van der Waals surface area contributed by atoms with Gasteiger partial charge < -0.3 is 26.0 Å². The van der Waals surface area contributed by atoms with Gasteiger partial charge in [0.05, 0.1) is 13.0 Å². The van der Waals surface area contributed by atoms with Crippen molar-refractivity contribution in [3.63, 3.8) is 0 Å². The number of nitrogens with zero attached hydrogens (tertiary/aromatic N) is 1. The molecule has 4 N–H and O–H groups in total. The minimum atomic E-state index is -1.01. The number of carboxylic acids is 1. The number of ketones is 1. The van der Waals surface area contributed by atoms with Crippen LogP contribution in [0.3, 0.4) is 0 Å². The molecule has 0 bridgehead atoms. The zero-order valence-corrected chi connectivity index (χ0v) is 20.9. The lowest BCUT2D eigenvalue weighted by Crippen LogP contribution is -2.64. The molecule has 1 aliphatic heterocycles. The van der Waals surface area contributed by atoms with Crippen LogP contribution in [0.5, 0.6) is 0 Å². The van der Waals surface area contributed by atoms with Crippen LogP contribution in [-0.4, -0.2) is 58.9 Å². The summed E-state index contributed by atoms with van der Waals surface area (Å²) in [5.41, 5.74) is 2.98. The van der Waals surface area contributed by atoms with Crippen LogP contribution in [0.4, 0.5) is 16.2 Å². The molecular formula is C27H34N4O5. The zero-order chi connectivity index (χ0) is 26.2. The van der Waals surface area contributed by atoms with E-state index >= 15 is 0 Å². The van der Waals surface area contributed by atoms with E-state index < -0.39 is 12.0 Å². The Kier molecular flexibility index (Phi) is 9.19. The molecule has 2 atom stereocenters. The second-order valence-electron chi connectivity index (χ2n) is 9.53. The Bertz CT molecular complexity index is 1100. The van der Waals surface area contributed by atoms with E-state index in [0.717, 1.165) is 16.8 Å². The van der Waals surface area contributed by atoms with Gasteiger partial charge in [0.2, 0.25) is 5.91 Å². The molecule has 0 aliphatic carbocycles. The Morgan fingerprint density at radius 2 is 1.78 bits per heavy atom. The summed E-state index contributed by atoms with van der Waals surface area (Å²) in [6.07, 6.45) is 0.564. The molecule has 192 valence electrons. The first-order valence-electron chi connectivity index (χ1n) is 12.1. The van der Waals surface area contributed by atoms with Gasteiger partial charge in [-0.1, -0.05) is 44.2 Å². The summed E-state index contributed by atoms with van der Waals surface area (Å²) in [4.78, 5) is 50.9. The van der Waals surface area contributed by atoms with E-state index in [1.54, 1.807) is 24.3 Å². The van der Waals surface area contributed by atoms with Gasteiger partial charge in [-0.05, 0) is 48.6 Å². The summed E-state index contributed by atoms with van der Waals surface area (Å²) >= 11 is 0. The summed E-state index contributed by atoms with van der Waals surface area (Å²) in [7, 11) is 0. The summed E-state index contributed by atoms with van der Waals surface area (Å²) in [5, 5.41) is 17.9. The fourth-order valence-electron chi connectivity index (χ4n) is 4.41. The van der Waals surface area contributed by atoms with Gasteiger partial charge in [0.1, 0.15) is 6.04 Å². The topological polar surface area (TPSA) is 128 Å². The van der Waals surface area contributed by atoms with E-state index in [0.29, 0.717) is 18.0 Å². The number of urea groups is 1. The molecule has 2 aromatic rings. The predicted octanol–water partition coefficient (Wildman–Crippen LogP) is 3.44. The molecule has 1 heterocycles. The Labute approximate surface area is 211 Å². The van der Waals surface area contributed by atoms with Crippen LogP contribution in [0.15, 0.2) is 48.5 Å². The number of rotatable bonds is 10. The van der Waals surface area contributed by atoms with Crippen LogP contribution in [0.2, 0.25) is 0 Å². The molecule has 0 radical (unpaired) electrons. The molecule has 36 heavy (non-hydrogen) atoms. The quantitative estimate of drug-likeness (QED) is 0.401. The minimum absolute atomic E-state index is 0.000291. The third-order valence-electron chi connectivity index (χ3n) is 6.16. The van der Waals surface area contributed by atoms with E-state index in [1.807, 2.05) is 45.0 Å². The standard InChI is InChI=1S/C27H34N4O5/c1-17(2)14-22-26(31(13-12-25(34)35)24(33)16-28-22)23(32)15-19-8-10-20(11-9-19)29-27(36)30-21-7-5-4-6-18(21)3/h4-11,17,22,26,28H,12-16H2,1-3H3,(H,34,35)(H2,29,30,36). The van der Waals surface area contributed by atoms with Crippen molar-refractivity contribution >= 4 is 35.1 Å². The smallest absolute Gasteiger partial charge is 0.323 e. The maximum atomic E-state index is 13.4. The molecule has 0 saturated carbocycles. The molecule has 1 fully saturated rings. The van der Waals surface area contributed by atoms with Gasteiger partial charge in [-0.3, -0.25) is 14.4 Å². The lowest BCUT2D eigenvalue weighted by molar-refractivity contribution is -0.146. The fraction of sp³-hybridized carbons (Fsp3) is 0.407. The van der Waals surface area contributed by atoms with Crippen molar-refractivity contribution in [3.05, 3.63) is 59.7 Å². The number of piperazine rings is 1. The molecule has 0 spiro atoms. The number of aliphatic carboxylic acids is 1. The van der Waals surface area contributed by atoms with Crippen molar-refractivity contribution in [2.75, 3.05) is 23.7 Å². The van der Waals surface area contributed by atoms with Crippen LogP contribution in [0, 0.1) is 12.8 Å². The Balaban J connectivity index is 1.67. The second kappa shape index (κ2) is 12.3. The highest BCUT2D eigenvalue weighted by atomic mass is 16.4. The number of aryl methyl sites for hydroxylation is 1. The van der Waals surface area contributed by atoms with Crippen LogP contribution < -0.4 is 16.0 Å². The highest BCUT2D eigenvalue weighted by molar-refractivity contribution is 6.00. The molecule has 3 amide bonds. The van der Waals surface area contributed by atoms with Crippen LogP contribution in [0.25, 0.3) is 0 Å². The fourth-order valence-corrected chi connectivity index (χ4v) is 4.41. The van der Waals surface area contributed by atoms with Gasteiger partial charge in [-0.15, -0.1) is 0 Å². The molecule has 1 saturated heterocycles. The molecule has 0 aromatic heterocycles. The number of para-hydroxylation sites is 1. The number of benzene rings is 2. The Hall–Kier alpha value is -3.72. The Morgan fingerprint density at radius 1 is 1.08 bits per heavy atom. The number of hydrogen-bond donors (Lipinski definition) is 4. The summed E-state index contributed by atoms with van der Waals surface area (Å²) in [6, 6.07) is 13.1. The summed E-state index contributed by atoms with van der Waals surface area (Å²) in [6.45, 7) is 6.08. The molecule has 9 nitrogen and oxygen atoms in total. The van der Waals surface area contributed by atoms with Crippen molar-refractivity contribution in [2.24, 2.45) is 5.92 Å². The number of Topliss-reactive ketones (excluding diaryl/α,β-unsaturated/α-hetero) is 1. The van der Waals surface area contributed by atoms with Gasteiger partial charge >= 0.3 is 12.0 Å². The van der Waals surface area contributed by atoms with Gasteiger partial charge in [0.15, 0.2) is 5.78 Å². The van der Waals surface area contributed by atoms with E-state index in [2.05, 4.69) is 16.0 Å². The van der Waals surface area contributed by atoms with Gasteiger partial charge in [0.25, 0.3) is 0 Å². The number of carboxylic acid groups (broad SMARTS) is 1. The molecule has 2 unspecified atom stereocenters. The molecule has 1 aliphatic rings. The number of anilines is 2. The SMILES string of the molecule is Cc1ccccc1NC(=O)Nc1ccc(CC(=O)C2C(CC(C)C)NCC(=O)N2CCC(=O)O)cc1. The van der Waals surface area contributed by atoms with E-state index in [-0.39, 0.29) is 49.7 Å². The summed E-state index contributed by atoms with van der Waals surface area (Å²) < 4.78 is 0. The maximum Gasteiger partial charge on any atom is 0.323 e. The van der Waals surface area contributed by atoms with E-state index in [4.69, 9.17) is 5.11 Å². The first-order valence-corrected chi connectivity index (χ1v) is 12.1. The first kappa shape index (κ1) is 26.9. The largest absolute Gasteiger partial charge is 0.481 e. The van der Waals surface area contributed by atoms with E-state index in [1.165, 1.54) is 4.90 Å². The molecule has 2 aromatic carbocycles. The lowest BCUT2D eigenvalue weighted by Gasteiger charge is -2.41. The highest BCUT2D eigenvalue weighted by Gasteiger charge is 2.40. The van der Waals surface area contributed by atoms with Gasteiger partial charge in [-0.25, -0.2) is 4.79 Å². The van der Waals surface area contributed by atoms with Crippen molar-refractivity contribution in [2.45, 2.75) is 52.1 Å². The number of amides is 3. The van der Waals surface area contributed by atoms with Crippen LogP contribution in [-0.2, 0) is 20.8 Å². The minimum Gasteiger partial charge on any atom is -0.481 e. The number of hydrogen-bond acceptors (Lipinski definition) is 5. The number of carbonyl (C=O) groups is 4. The van der Waals surface area contributed by atoms with Crippen LogP contribution in [0.1, 0.15) is 37.8 Å². The van der Waals surface area contributed by atoms with Gasteiger partial charge in [-0.2, -0.15) is 0 Å². The third-order valence-corrected chi connectivity index (χ3v) is 6.16. The highest BCUT2D eigenvalue weighted by Crippen LogP contribution is 2.21. The number of carbonyl (C=O) groups excluding carboxylic acids is 3. The van der Waals surface area contributed by atoms with Crippen molar-refractivity contribution in [1.29, 1.82) is 0 Å². The molecule has 9 heteroatoms. The monoisotopic (exact) mass is 494 g/mol. The van der Waals surface area contributed by atoms with Crippen LogP contribution >= 0.6 is 0 Å². The lowest BCUT2D eigenvalue weighted by atomic mass is 9.89. The van der Waals surface area contributed by atoms with Crippen molar-refractivity contribution < 1.29 is 24.3 Å². The average Bonchev–Trinajstić information content (AvgIpc) is 2.81. The summed E-state index contributed by atoms with van der Waals surface area (Å²) in [5.74, 6) is -1.13. The molecular weight excluding hydrogens is 460 g/mol.